The molecule has 2 N–H and O–H groups in total. The molecule has 0 spiro atoms. The van der Waals surface area contributed by atoms with Crippen LogP contribution in [0.4, 0.5) is 5.82 Å². The van der Waals surface area contributed by atoms with E-state index in [1.807, 2.05) is 0 Å². The Morgan fingerprint density at radius 1 is 1.62 bits per heavy atom. The van der Waals surface area contributed by atoms with Crippen molar-refractivity contribution in [2.45, 2.75) is 18.8 Å². The fourth-order valence-corrected chi connectivity index (χ4v) is 1.84. The first-order valence-electron chi connectivity index (χ1n) is 5.10. The molecule has 1 aliphatic carbocycles. The highest BCUT2D eigenvalue weighted by Crippen LogP contribution is 2.38. The van der Waals surface area contributed by atoms with Crippen LogP contribution in [0.3, 0.4) is 0 Å². The molecule has 1 saturated carbocycles. The Labute approximate surface area is 102 Å². The molecule has 2 rings (SSSR count). The van der Waals surface area contributed by atoms with Gasteiger partial charge >= 0.3 is 0 Å². The molecule has 0 atom stereocenters. The van der Waals surface area contributed by atoms with Crippen LogP contribution < -0.4 is 10.6 Å². The summed E-state index contributed by atoms with van der Waals surface area (Å²) in [5.74, 6) is 1.69. The highest BCUT2D eigenvalue weighted by Gasteiger charge is 2.27. The topological polar surface area (TPSA) is 72.1 Å². The van der Waals surface area contributed by atoms with Crippen molar-refractivity contribution >= 4 is 27.7 Å². The Morgan fingerprint density at radius 2 is 2.31 bits per heavy atom. The number of aromatic nitrogens is 2. The lowest BCUT2D eigenvalue weighted by Gasteiger charge is -2.16. The zero-order chi connectivity index (χ0) is 11.7. The summed E-state index contributed by atoms with van der Waals surface area (Å²) in [6, 6.07) is 1.79. The van der Waals surface area contributed by atoms with Gasteiger partial charge in [-0.3, -0.25) is 4.79 Å². The molecule has 86 valence electrons. The first-order valence-corrected chi connectivity index (χ1v) is 5.89. The summed E-state index contributed by atoms with van der Waals surface area (Å²) < 4.78 is 0.746. The molecule has 0 radical (unpaired) electrons. The normalized spacial score (nSPS) is 14.9. The number of hydrogen-bond acceptors (Lipinski definition) is 4. The number of halogens is 1. The van der Waals surface area contributed by atoms with Crippen LogP contribution in [-0.4, -0.2) is 29.5 Å². The summed E-state index contributed by atoms with van der Waals surface area (Å²) in [6.07, 6.45) is 2.30. The lowest BCUT2D eigenvalue weighted by atomic mass is 10.4. The fourth-order valence-electron chi connectivity index (χ4n) is 1.46. The van der Waals surface area contributed by atoms with E-state index in [1.54, 1.807) is 18.0 Å². The van der Waals surface area contributed by atoms with Crippen LogP contribution >= 0.6 is 15.9 Å². The summed E-state index contributed by atoms with van der Waals surface area (Å²) in [5.41, 5.74) is 5.14. The van der Waals surface area contributed by atoms with Gasteiger partial charge in [0.15, 0.2) is 0 Å². The molecular formula is C10H13BrN4O. The Kier molecular flexibility index (Phi) is 3.09. The third-order valence-corrected chi connectivity index (χ3v) is 2.83. The van der Waals surface area contributed by atoms with Gasteiger partial charge in [-0.2, -0.15) is 0 Å². The third kappa shape index (κ3) is 2.69. The lowest BCUT2D eigenvalue weighted by Crippen LogP contribution is -2.31. The fraction of sp³-hybridized carbons (Fsp3) is 0.500. The quantitative estimate of drug-likeness (QED) is 0.839. The smallest absolute Gasteiger partial charge is 0.236 e. The van der Waals surface area contributed by atoms with Gasteiger partial charge in [-0.15, -0.1) is 0 Å². The first-order chi connectivity index (χ1) is 7.56. The lowest BCUT2D eigenvalue weighted by molar-refractivity contribution is -0.116. The van der Waals surface area contributed by atoms with E-state index in [0.29, 0.717) is 5.92 Å². The van der Waals surface area contributed by atoms with Crippen molar-refractivity contribution in [2.75, 3.05) is 18.5 Å². The van der Waals surface area contributed by atoms with E-state index in [-0.39, 0.29) is 12.5 Å². The van der Waals surface area contributed by atoms with Crippen molar-refractivity contribution in [3.05, 3.63) is 16.5 Å². The predicted octanol–water partition coefficient (Wildman–Crippen LogP) is 1.04. The molecule has 0 aliphatic heterocycles. The van der Waals surface area contributed by atoms with Gasteiger partial charge in [-0.25, -0.2) is 9.97 Å². The predicted molar refractivity (Wildman–Crippen MR) is 64.2 cm³/mol. The largest absolute Gasteiger partial charge is 0.368 e. The van der Waals surface area contributed by atoms with E-state index in [1.165, 1.54) is 0 Å². The third-order valence-electron chi connectivity index (χ3n) is 2.43. The van der Waals surface area contributed by atoms with E-state index in [9.17, 15) is 4.79 Å². The zero-order valence-electron chi connectivity index (χ0n) is 8.98. The highest BCUT2D eigenvalue weighted by molar-refractivity contribution is 9.10. The number of carbonyl (C=O) groups excluding carboxylic acids is 1. The van der Waals surface area contributed by atoms with Crippen LogP contribution in [0.15, 0.2) is 10.7 Å². The minimum Gasteiger partial charge on any atom is -0.368 e. The van der Waals surface area contributed by atoms with E-state index >= 15 is 0 Å². The maximum atomic E-state index is 10.8. The second-order valence-electron chi connectivity index (χ2n) is 4.00. The number of hydrogen-bond donors (Lipinski definition) is 1. The van der Waals surface area contributed by atoms with Gasteiger partial charge in [-0.05, 0) is 28.8 Å². The van der Waals surface area contributed by atoms with E-state index in [0.717, 1.165) is 29.1 Å². The molecule has 6 heteroatoms. The van der Waals surface area contributed by atoms with Crippen molar-refractivity contribution in [1.82, 2.24) is 9.97 Å². The van der Waals surface area contributed by atoms with E-state index < -0.39 is 0 Å². The first kappa shape index (κ1) is 11.3. The molecule has 1 amide bonds. The molecule has 1 aromatic heterocycles. The van der Waals surface area contributed by atoms with Gasteiger partial charge < -0.3 is 10.6 Å². The van der Waals surface area contributed by atoms with Gasteiger partial charge in [0.2, 0.25) is 5.91 Å². The molecule has 1 aromatic rings. The SMILES string of the molecule is CN(CC(N)=O)c1cc(Br)nc(C2CC2)n1. The average molecular weight is 285 g/mol. The molecule has 1 heterocycles. The van der Waals surface area contributed by atoms with Crippen LogP contribution in [0, 0.1) is 0 Å². The average Bonchev–Trinajstić information content (AvgIpc) is 2.98. The number of amides is 1. The van der Waals surface area contributed by atoms with Gasteiger partial charge in [0.05, 0.1) is 6.54 Å². The minimum atomic E-state index is -0.370. The number of primary amides is 1. The molecule has 16 heavy (non-hydrogen) atoms. The molecule has 0 unspecified atom stereocenters. The van der Waals surface area contributed by atoms with E-state index in [4.69, 9.17) is 5.73 Å². The molecular weight excluding hydrogens is 272 g/mol. The Bertz CT molecular complexity index is 419. The number of nitrogens with two attached hydrogens (primary N) is 1. The number of nitrogens with zero attached hydrogens (tertiary/aromatic N) is 3. The van der Waals surface area contributed by atoms with Crippen molar-refractivity contribution in [3.8, 4) is 0 Å². The summed E-state index contributed by atoms with van der Waals surface area (Å²) in [6.45, 7) is 0.160. The maximum absolute atomic E-state index is 10.8. The number of anilines is 1. The van der Waals surface area contributed by atoms with Crippen molar-refractivity contribution < 1.29 is 4.79 Å². The van der Waals surface area contributed by atoms with Crippen molar-refractivity contribution in [1.29, 1.82) is 0 Å². The van der Waals surface area contributed by atoms with Gasteiger partial charge in [0.25, 0.3) is 0 Å². The molecule has 0 saturated heterocycles. The number of carbonyl (C=O) groups is 1. The number of likely N-dealkylation sites (N-methyl/N-ethyl adjacent to an activating group) is 1. The minimum absolute atomic E-state index is 0.160. The van der Waals surface area contributed by atoms with Gasteiger partial charge in [0.1, 0.15) is 16.2 Å². The zero-order valence-corrected chi connectivity index (χ0v) is 10.6. The second kappa shape index (κ2) is 4.37. The molecule has 0 bridgehead atoms. The van der Waals surface area contributed by atoms with Gasteiger partial charge in [0, 0.05) is 19.0 Å². The maximum Gasteiger partial charge on any atom is 0.236 e. The Hall–Kier alpha value is -1.17. The monoisotopic (exact) mass is 284 g/mol. The summed E-state index contributed by atoms with van der Waals surface area (Å²) in [7, 11) is 1.79. The molecule has 1 fully saturated rings. The Balaban J connectivity index is 2.22. The standard InChI is InChI=1S/C10H13BrN4O/c1-15(5-8(12)16)9-4-7(11)13-10(14-9)6-2-3-6/h4,6H,2-3,5H2,1H3,(H2,12,16). The summed E-state index contributed by atoms with van der Waals surface area (Å²) in [4.78, 5) is 21.3. The van der Waals surface area contributed by atoms with Gasteiger partial charge in [-0.1, -0.05) is 0 Å². The summed E-state index contributed by atoms with van der Waals surface area (Å²) in [5, 5.41) is 0. The van der Waals surface area contributed by atoms with Crippen LogP contribution in [0.25, 0.3) is 0 Å². The van der Waals surface area contributed by atoms with Crippen molar-refractivity contribution in [2.24, 2.45) is 5.73 Å². The van der Waals surface area contributed by atoms with Crippen LogP contribution in [0.2, 0.25) is 0 Å². The molecule has 0 aromatic carbocycles. The van der Waals surface area contributed by atoms with Crippen molar-refractivity contribution in [3.63, 3.8) is 0 Å². The Morgan fingerprint density at radius 3 is 2.88 bits per heavy atom. The highest BCUT2D eigenvalue weighted by atomic mass is 79.9. The molecule has 1 aliphatic rings. The molecule has 5 nitrogen and oxygen atoms in total. The van der Waals surface area contributed by atoms with Crippen LogP contribution in [-0.2, 0) is 4.79 Å². The second-order valence-corrected chi connectivity index (χ2v) is 4.82. The number of rotatable bonds is 4. The summed E-state index contributed by atoms with van der Waals surface area (Å²) >= 11 is 3.35. The van der Waals surface area contributed by atoms with Crippen LogP contribution in [0.1, 0.15) is 24.6 Å². The van der Waals surface area contributed by atoms with Crippen LogP contribution in [0.5, 0.6) is 0 Å². The van der Waals surface area contributed by atoms with E-state index in [2.05, 4.69) is 25.9 Å².